The second kappa shape index (κ2) is 5.83. The van der Waals surface area contributed by atoms with Crippen LogP contribution in [0.5, 0.6) is 0 Å². The number of aliphatic hydroxyl groups is 1. The summed E-state index contributed by atoms with van der Waals surface area (Å²) < 4.78 is 4.45. The molecule has 0 fully saturated rings. The highest BCUT2D eigenvalue weighted by Gasteiger charge is 2.18. The van der Waals surface area contributed by atoms with E-state index in [0.717, 1.165) is 19.3 Å². The van der Waals surface area contributed by atoms with Crippen molar-refractivity contribution >= 4 is 6.09 Å². The van der Waals surface area contributed by atoms with Crippen molar-refractivity contribution < 1.29 is 14.6 Å². The van der Waals surface area contributed by atoms with Gasteiger partial charge in [-0.3, -0.25) is 0 Å². The highest BCUT2D eigenvalue weighted by Crippen LogP contribution is 2.16. The van der Waals surface area contributed by atoms with Gasteiger partial charge >= 0.3 is 6.09 Å². The third-order valence-corrected chi connectivity index (χ3v) is 1.82. The number of primary amides is 1. The fourth-order valence-electron chi connectivity index (χ4n) is 1.13. The van der Waals surface area contributed by atoms with E-state index < -0.39 is 12.4 Å². The van der Waals surface area contributed by atoms with Gasteiger partial charge in [-0.05, 0) is 12.8 Å². The highest BCUT2D eigenvalue weighted by molar-refractivity contribution is 5.64. The van der Waals surface area contributed by atoms with E-state index >= 15 is 0 Å². The minimum atomic E-state index is -1.05. The van der Waals surface area contributed by atoms with Crippen LogP contribution >= 0.6 is 0 Å². The topological polar surface area (TPSA) is 72.6 Å². The average molecular weight is 175 g/mol. The third-order valence-electron chi connectivity index (χ3n) is 1.82. The number of amides is 1. The molecule has 3 N–H and O–H groups in total. The summed E-state index contributed by atoms with van der Waals surface area (Å²) in [6.07, 6.45) is 0.606. The Balaban J connectivity index is 3.84. The van der Waals surface area contributed by atoms with Crippen LogP contribution in [-0.4, -0.2) is 17.5 Å². The van der Waals surface area contributed by atoms with E-state index in [9.17, 15) is 9.90 Å². The highest BCUT2D eigenvalue weighted by atomic mass is 16.6. The lowest BCUT2D eigenvalue weighted by Crippen LogP contribution is -2.29. The second-order valence-electron chi connectivity index (χ2n) is 2.78. The van der Waals surface area contributed by atoms with Crippen LogP contribution in [-0.2, 0) is 4.74 Å². The number of nitrogens with two attached hydrogens (primary N) is 1. The Morgan fingerprint density at radius 3 is 2.50 bits per heavy atom. The minimum Gasteiger partial charge on any atom is -0.420 e. The smallest absolute Gasteiger partial charge is 0.406 e. The van der Waals surface area contributed by atoms with Gasteiger partial charge in [-0.2, -0.15) is 0 Å². The van der Waals surface area contributed by atoms with Crippen LogP contribution in [0.15, 0.2) is 0 Å². The van der Waals surface area contributed by atoms with Gasteiger partial charge in [-0.25, -0.2) is 4.79 Å². The van der Waals surface area contributed by atoms with Crippen LogP contribution in [0.25, 0.3) is 0 Å². The molecular formula is C8H17NO3. The van der Waals surface area contributed by atoms with Gasteiger partial charge < -0.3 is 15.6 Å². The van der Waals surface area contributed by atoms with Crippen LogP contribution in [0.2, 0.25) is 0 Å². The molecule has 0 radical (unpaired) electrons. The van der Waals surface area contributed by atoms with Crippen LogP contribution in [0.3, 0.4) is 0 Å². The Morgan fingerprint density at radius 2 is 2.17 bits per heavy atom. The van der Waals surface area contributed by atoms with E-state index in [1.807, 2.05) is 13.8 Å². The largest absolute Gasteiger partial charge is 0.420 e. The minimum absolute atomic E-state index is 0.00231. The molecule has 0 aliphatic carbocycles. The van der Waals surface area contributed by atoms with E-state index in [2.05, 4.69) is 4.74 Å². The summed E-state index contributed by atoms with van der Waals surface area (Å²) in [5, 5.41) is 9.29. The predicted octanol–water partition coefficient (Wildman–Crippen LogP) is 1.23. The molecule has 0 heterocycles. The number of hydrogen-bond donors (Lipinski definition) is 2. The Labute approximate surface area is 72.7 Å². The number of rotatable bonds is 5. The molecule has 0 aromatic heterocycles. The van der Waals surface area contributed by atoms with Crippen LogP contribution in [0.4, 0.5) is 4.79 Å². The lowest BCUT2D eigenvalue weighted by Gasteiger charge is -2.19. The summed E-state index contributed by atoms with van der Waals surface area (Å²) in [4.78, 5) is 10.3. The Morgan fingerprint density at radius 1 is 1.58 bits per heavy atom. The number of carbonyl (C=O) groups excluding carboxylic acids is 1. The average Bonchev–Trinajstić information content (AvgIpc) is 1.98. The molecular weight excluding hydrogens is 158 g/mol. The van der Waals surface area contributed by atoms with Gasteiger partial charge in [0, 0.05) is 5.92 Å². The summed E-state index contributed by atoms with van der Waals surface area (Å²) in [5.41, 5.74) is 4.76. The lowest BCUT2D eigenvalue weighted by molar-refractivity contribution is -0.0907. The van der Waals surface area contributed by atoms with Gasteiger partial charge in [-0.15, -0.1) is 0 Å². The van der Waals surface area contributed by atoms with Crippen molar-refractivity contribution in [2.75, 3.05) is 0 Å². The zero-order valence-corrected chi connectivity index (χ0v) is 7.62. The van der Waals surface area contributed by atoms with Crippen molar-refractivity contribution in [2.24, 2.45) is 11.7 Å². The van der Waals surface area contributed by atoms with Gasteiger partial charge in [0.25, 0.3) is 0 Å². The van der Waals surface area contributed by atoms with Crippen molar-refractivity contribution in [1.82, 2.24) is 0 Å². The second-order valence-corrected chi connectivity index (χ2v) is 2.78. The lowest BCUT2D eigenvalue weighted by atomic mass is 10.0. The molecule has 2 unspecified atom stereocenters. The van der Waals surface area contributed by atoms with E-state index in [-0.39, 0.29) is 5.92 Å². The summed E-state index contributed by atoms with van der Waals surface area (Å²) >= 11 is 0. The first-order valence-electron chi connectivity index (χ1n) is 4.25. The predicted molar refractivity (Wildman–Crippen MR) is 45.4 cm³/mol. The maximum Gasteiger partial charge on any atom is 0.406 e. The monoisotopic (exact) mass is 175 g/mol. The fraction of sp³-hybridized carbons (Fsp3) is 0.875. The number of ether oxygens (including phenoxy) is 1. The van der Waals surface area contributed by atoms with Crippen molar-refractivity contribution in [1.29, 1.82) is 0 Å². The first-order valence-corrected chi connectivity index (χ1v) is 4.25. The van der Waals surface area contributed by atoms with E-state index in [1.54, 1.807) is 0 Å². The molecule has 0 saturated heterocycles. The molecule has 0 aromatic carbocycles. The number of hydrogen-bond acceptors (Lipinski definition) is 3. The molecule has 12 heavy (non-hydrogen) atoms. The van der Waals surface area contributed by atoms with Crippen LogP contribution < -0.4 is 5.73 Å². The zero-order chi connectivity index (χ0) is 9.56. The summed E-state index contributed by atoms with van der Waals surface area (Å²) in [5.74, 6) is 0.00231. The molecule has 4 heteroatoms. The summed E-state index contributed by atoms with van der Waals surface area (Å²) in [6, 6.07) is 0. The quantitative estimate of drug-likeness (QED) is 0.617. The summed E-state index contributed by atoms with van der Waals surface area (Å²) in [6.45, 7) is 3.95. The van der Waals surface area contributed by atoms with Crippen LogP contribution in [0.1, 0.15) is 33.1 Å². The molecule has 0 aliphatic rings. The van der Waals surface area contributed by atoms with Gasteiger partial charge in [-0.1, -0.05) is 20.3 Å². The molecule has 4 nitrogen and oxygen atoms in total. The Bertz CT molecular complexity index is 138. The molecule has 2 atom stereocenters. The molecule has 0 saturated carbocycles. The van der Waals surface area contributed by atoms with Gasteiger partial charge in [0.1, 0.15) is 0 Å². The zero-order valence-electron chi connectivity index (χ0n) is 7.62. The molecule has 0 aliphatic heterocycles. The molecule has 0 spiro atoms. The summed E-state index contributed by atoms with van der Waals surface area (Å²) in [7, 11) is 0. The van der Waals surface area contributed by atoms with Crippen molar-refractivity contribution in [3.05, 3.63) is 0 Å². The maximum absolute atomic E-state index is 10.3. The van der Waals surface area contributed by atoms with Gasteiger partial charge in [0.15, 0.2) is 0 Å². The fourth-order valence-corrected chi connectivity index (χ4v) is 1.13. The molecule has 0 aromatic rings. The maximum atomic E-state index is 10.3. The molecule has 0 rings (SSSR count). The van der Waals surface area contributed by atoms with Crippen molar-refractivity contribution in [3.63, 3.8) is 0 Å². The first kappa shape index (κ1) is 11.2. The first-order chi connectivity index (χ1) is 5.61. The molecule has 0 bridgehead atoms. The molecule has 72 valence electrons. The Hall–Kier alpha value is -0.770. The van der Waals surface area contributed by atoms with Crippen LogP contribution in [0, 0.1) is 5.92 Å². The Kier molecular flexibility index (Phi) is 5.45. The SMILES string of the molecule is CCCC(CC)C(O)OC(N)=O. The number of aliphatic hydroxyl groups excluding tert-OH is 1. The normalized spacial score (nSPS) is 15.2. The van der Waals surface area contributed by atoms with E-state index in [0.29, 0.717) is 0 Å². The van der Waals surface area contributed by atoms with Crippen molar-refractivity contribution in [2.45, 2.75) is 39.4 Å². The third kappa shape index (κ3) is 4.18. The standard InChI is InChI=1S/C8H17NO3/c1-3-5-6(4-2)7(10)12-8(9)11/h6-7,10H,3-5H2,1-2H3,(H2,9,11). The van der Waals surface area contributed by atoms with Gasteiger partial charge in [0.05, 0.1) is 0 Å². The van der Waals surface area contributed by atoms with E-state index in [1.165, 1.54) is 0 Å². The van der Waals surface area contributed by atoms with Gasteiger partial charge in [0.2, 0.25) is 6.29 Å². The van der Waals surface area contributed by atoms with Crippen molar-refractivity contribution in [3.8, 4) is 0 Å². The molecule has 1 amide bonds. The van der Waals surface area contributed by atoms with E-state index in [4.69, 9.17) is 5.73 Å². The number of carbonyl (C=O) groups is 1.